The van der Waals surface area contributed by atoms with Crippen LogP contribution in [0.5, 0.6) is 0 Å². The van der Waals surface area contributed by atoms with Gasteiger partial charge in [-0.05, 0) is 36.4 Å². The van der Waals surface area contributed by atoms with Gasteiger partial charge in [0.2, 0.25) is 0 Å². The van der Waals surface area contributed by atoms with Gasteiger partial charge in [-0.3, -0.25) is 9.52 Å². The predicted octanol–water partition coefficient (Wildman–Crippen LogP) is 5.05. The molecular weight excluding hydrogens is 407 g/mol. The van der Waals surface area contributed by atoms with Crippen molar-refractivity contribution in [3.05, 3.63) is 88.4 Å². The van der Waals surface area contributed by atoms with E-state index in [1.165, 1.54) is 24.3 Å². The summed E-state index contributed by atoms with van der Waals surface area (Å²) in [6, 6.07) is 19.0. The van der Waals surface area contributed by atoms with Crippen molar-refractivity contribution in [1.82, 2.24) is 0 Å². The molecule has 3 aromatic carbocycles. The lowest BCUT2D eigenvalue weighted by atomic mass is 10.1. The Kier molecular flexibility index (Phi) is 5.70. The molecule has 0 aliphatic rings. The van der Waals surface area contributed by atoms with E-state index in [1.54, 1.807) is 48.5 Å². The molecule has 0 saturated heterocycles. The van der Waals surface area contributed by atoms with Gasteiger partial charge in [0.1, 0.15) is 0 Å². The quantitative estimate of drug-likeness (QED) is 0.606. The second kappa shape index (κ2) is 8.00. The molecule has 1 amide bonds. The smallest absolute Gasteiger partial charge is 0.261 e. The molecule has 0 spiro atoms. The number of nitrogens with one attached hydrogen (secondary N) is 2. The molecular formula is C19H14Cl2N2O3S. The van der Waals surface area contributed by atoms with Gasteiger partial charge in [0, 0.05) is 0 Å². The highest BCUT2D eigenvalue weighted by molar-refractivity contribution is 7.92. The van der Waals surface area contributed by atoms with E-state index in [2.05, 4.69) is 10.0 Å². The molecule has 0 radical (unpaired) electrons. The lowest BCUT2D eigenvalue weighted by Gasteiger charge is -2.14. The zero-order valence-corrected chi connectivity index (χ0v) is 16.1. The third-order valence-electron chi connectivity index (χ3n) is 3.67. The molecule has 3 rings (SSSR count). The number of carbonyl (C=O) groups excluding carboxylic acids is 1. The normalized spacial score (nSPS) is 11.0. The van der Waals surface area contributed by atoms with Gasteiger partial charge in [0.15, 0.2) is 0 Å². The molecule has 0 heterocycles. The standard InChI is InChI=1S/C19H14Cl2N2O3S/c20-15-10-6-11-16(21)18(15)22-19(24)14-9-4-5-12-17(14)23-27(25,26)13-7-2-1-3-8-13/h1-12,23H,(H,22,24). The van der Waals surface area contributed by atoms with Crippen LogP contribution in [-0.2, 0) is 10.0 Å². The Morgan fingerprint density at radius 3 is 2.04 bits per heavy atom. The number of hydrogen-bond acceptors (Lipinski definition) is 3. The van der Waals surface area contributed by atoms with Gasteiger partial charge in [0.25, 0.3) is 15.9 Å². The number of hydrogen-bond donors (Lipinski definition) is 2. The maximum absolute atomic E-state index is 12.7. The maximum Gasteiger partial charge on any atom is 0.261 e. The van der Waals surface area contributed by atoms with Crippen LogP contribution in [-0.4, -0.2) is 14.3 Å². The van der Waals surface area contributed by atoms with Gasteiger partial charge in [0.05, 0.1) is 31.9 Å². The van der Waals surface area contributed by atoms with Crippen molar-refractivity contribution in [2.45, 2.75) is 4.90 Å². The average molecular weight is 421 g/mol. The molecule has 3 aromatic rings. The van der Waals surface area contributed by atoms with Crippen LogP contribution in [0, 0.1) is 0 Å². The molecule has 8 heteroatoms. The lowest BCUT2D eigenvalue weighted by Crippen LogP contribution is -2.18. The maximum atomic E-state index is 12.7. The Balaban J connectivity index is 1.91. The third kappa shape index (κ3) is 4.42. The van der Waals surface area contributed by atoms with E-state index in [0.717, 1.165) is 0 Å². The number of carbonyl (C=O) groups is 1. The monoisotopic (exact) mass is 420 g/mol. The van der Waals surface area contributed by atoms with Gasteiger partial charge in [-0.1, -0.05) is 59.6 Å². The fourth-order valence-corrected chi connectivity index (χ4v) is 3.96. The lowest BCUT2D eigenvalue weighted by molar-refractivity contribution is 0.102. The van der Waals surface area contributed by atoms with Crippen LogP contribution in [0.25, 0.3) is 0 Å². The second-order valence-electron chi connectivity index (χ2n) is 5.51. The number of benzene rings is 3. The van der Waals surface area contributed by atoms with Crippen LogP contribution in [0.3, 0.4) is 0 Å². The highest BCUT2D eigenvalue weighted by Crippen LogP contribution is 2.31. The van der Waals surface area contributed by atoms with E-state index in [4.69, 9.17) is 23.2 Å². The molecule has 5 nitrogen and oxygen atoms in total. The van der Waals surface area contributed by atoms with Crippen molar-refractivity contribution in [1.29, 1.82) is 0 Å². The van der Waals surface area contributed by atoms with Gasteiger partial charge >= 0.3 is 0 Å². The zero-order valence-electron chi connectivity index (χ0n) is 13.8. The first-order valence-corrected chi connectivity index (χ1v) is 10.0. The van der Waals surface area contributed by atoms with Crippen molar-refractivity contribution in [3.63, 3.8) is 0 Å². The van der Waals surface area contributed by atoms with Crippen molar-refractivity contribution in [2.75, 3.05) is 10.0 Å². The first-order valence-electron chi connectivity index (χ1n) is 7.81. The van der Waals surface area contributed by atoms with Crippen LogP contribution in [0.1, 0.15) is 10.4 Å². The SMILES string of the molecule is O=C(Nc1c(Cl)cccc1Cl)c1ccccc1NS(=O)(=O)c1ccccc1. The summed E-state index contributed by atoms with van der Waals surface area (Å²) in [5.41, 5.74) is 0.529. The van der Waals surface area contributed by atoms with E-state index < -0.39 is 15.9 Å². The summed E-state index contributed by atoms with van der Waals surface area (Å²) < 4.78 is 27.6. The molecule has 0 saturated carbocycles. The summed E-state index contributed by atoms with van der Waals surface area (Å²) in [7, 11) is -3.84. The number of rotatable bonds is 5. The van der Waals surface area contributed by atoms with Crippen LogP contribution < -0.4 is 10.0 Å². The highest BCUT2D eigenvalue weighted by atomic mass is 35.5. The Bertz CT molecular complexity index is 1070. The van der Waals surface area contributed by atoms with Crippen LogP contribution in [0.15, 0.2) is 77.7 Å². The summed E-state index contributed by atoms with van der Waals surface area (Å²) in [5.74, 6) is -0.545. The molecule has 0 aromatic heterocycles. The largest absolute Gasteiger partial charge is 0.319 e. The summed E-state index contributed by atoms with van der Waals surface area (Å²) in [6.45, 7) is 0. The van der Waals surface area contributed by atoms with E-state index in [0.29, 0.717) is 0 Å². The molecule has 0 atom stereocenters. The van der Waals surface area contributed by atoms with E-state index >= 15 is 0 Å². The molecule has 27 heavy (non-hydrogen) atoms. The van der Waals surface area contributed by atoms with Crippen LogP contribution in [0.2, 0.25) is 10.0 Å². The number of anilines is 2. The number of sulfonamides is 1. The Labute approximate surface area is 167 Å². The Morgan fingerprint density at radius 2 is 1.37 bits per heavy atom. The van der Waals surface area contributed by atoms with E-state index in [1.807, 2.05) is 0 Å². The Hall–Kier alpha value is -2.54. The summed E-state index contributed by atoms with van der Waals surface area (Å²) >= 11 is 12.2. The number of amides is 1. The van der Waals surface area contributed by atoms with Gasteiger partial charge in [-0.15, -0.1) is 0 Å². The minimum absolute atomic E-state index is 0.0920. The minimum Gasteiger partial charge on any atom is -0.319 e. The van der Waals surface area contributed by atoms with Gasteiger partial charge in [-0.2, -0.15) is 0 Å². The molecule has 0 unspecified atom stereocenters. The fraction of sp³-hybridized carbons (Fsp3) is 0. The number of para-hydroxylation sites is 2. The van der Waals surface area contributed by atoms with E-state index in [-0.39, 0.29) is 31.9 Å². The molecule has 138 valence electrons. The van der Waals surface area contributed by atoms with Crippen molar-refractivity contribution < 1.29 is 13.2 Å². The van der Waals surface area contributed by atoms with Gasteiger partial charge in [-0.25, -0.2) is 8.42 Å². The predicted molar refractivity (Wildman–Crippen MR) is 108 cm³/mol. The Morgan fingerprint density at radius 1 is 0.778 bits per heavy atom. The third-order valence-corrected chi connectivity index (χ3v) is 5.68. The highest BCUT2D eigenvalue weighted by Gasteiger charge is 2.19. The van der Waals surface area contributed by atoms with Gasteiger partial charge < -0.3 is 5.32 Å². The van der Waals surface area contributed by atoms with Crippen LogP contribution >= 0.6 is 23.2 Å². The van der Waals surface area contributed by atoms with E-state index in [9.17, 15) is 13.2 Å². The molecule has 0 aliphatic carbocycles. The average Bonchev–Trinajstić information content (AvgIpc) is 2.65. The van der Waals surface area contributed by atoms with Crippen molar-refractivity contribution >= 4 is 50.5 Å². The van der Waals surface area contributed by atoms with Crippen LogP contribution in [0.4, 0.5) is 11.4 Å². The summed E-state index contributed by atoms with van der Waals surface area (Å²) in [5, 5.41) is 3.18. The zero-order chi connectivity index (χ0) is 19.4. The van der Waals surface area contributed by atoms with Crippen molar-refractivity contribution in [2.24, 2.45) is 0 Å². The first-order chi connectivity index (χ1) is 12.9. The topological polar surface area (TPSA) is 75.3 Å². The van der Waals surface area contributed by atoms with Crippen molar-refractivity contribution in [3.8, 4) is 0 Å². The molecule has 0 bridgehead atoms. The second-order valence-corrected chi connectivity index (χ2v) is 8.01. The fourth-order valence-electron chi connectivity index (χ4n) is 2.37. The minimum atomic E-state index is -3.84. The molecule has 0 fully saturated rings. The number of halogens is 2. The molecule has 2 N–H and O–H groups in total. The summed E-state index contributed by atoms with van der Waals surface area (Å²) in [4.78, 5) is 12.8. The molecule has 0 aliphatic heterocycles. The first kappa shape index (κ1) is 19.2. The summed E-state index contributed by atoms with van der Waals surface area (Å²) in [6.07, 6.45) is 0.